The van der Waals surface area contributed by atoms with Crippen molar-refractivity contribution in [3.8, 4) is 11.4 Å². The van der Waals surface area contributed by atoms with Gasteiger partial charge in [-0.15, -0.1) is 0 Å². The molecule has 0 aliphatic rings. The summed E-state index contributed by atoms with van der Waals surface area (Å²) in [6, 6.07) is 7.25. The molecule has 0 saturated carbocycles. The number of hydrogen-bond acceptors (Lipinski definition) is 4. The van der Waals surface area contributed by atoms with Crippen LogP contribution in [0.15, 0.2) is 28.8 Å². The Hall–Kier alpha value is -1.75. The highest BCUT2D eigenvalue weighted by Gasteiger charge is 2.23. The molecule has 4 nitrogen and oxygen atoms in total. The van der Waals surface area contributed by atoms with E-state index in [1.54, 1.807) is 12.1 Å². The van der Waals surface area contributed by atoms with E-state index in [4.69, 9.17) is 16.7 Å². The Morgan fingerprint density at radius 2 is 2.11 bits per heavy atom. The number of H-pyrrole nitrogens is 1. The Kier molecular flexibility index (Phi) is 3.17. The van der Waals surface area contributed by atoms with E-state index in [9.17, 15) is 4.79 Å². The molecule has 1 aromatic heterocycles. The first-order valence-electron chi connectivity index (χ1n) is 5.59. The molecule has 0 aliphatic heterocycles. The minimum Gasteiger partial charge on any atom is -0.348 e. The highest BCUT2D eigenvalue weighted by Crippen LogP contribution is 2.23. The summed E-state index contributed by atoms with van der Waals surface area (Å²) in [4.78, 5) is 16.4. The van der Waals surface area contributed by atoms with E-state index in [1.807, 2.05) is 32.9 Å². The molecule has 0 unspecified atom stereocenters. The topological polar surface area (TPSA) is 58.9 Å². The van der Waals surface area contributed by atoms with Crippen LogP contribution in [0.4, 0.5) is 0 Å². The number of nitrogens with zero attached hydrogens (tertiary/aromatic N) is 1. The first kappa shape index (κ1) is 12.7. The molecule has 2 rings (SSSR count). The molecule has 0 aliphatic carbocycles. The van der Waals surface area contributed by atoms with Crippen LogP contribution in [0, 0.1) is 10.3 Å². The minimum absolute atomic E-state index is 0.0893. The average molecular weight is 262 g/mol. The van der Waals surface area contributed by atoms with Crippen molar-refractivity contribution in [3.05, 3.63) is 34.7 Å². The van der Waals surface area contributed by atoms with Crippen molar-refractivity contribution in [2.45, 2.75) is 20.8 Å². The van der Waals surface area contributed by atoms with Gasteiger partial charge in [0.05, 0.1) is 0 Å². The van der Waals surface area contributed by atoms with Crippen molar-refractivity contribution in [1.29, 1.82) is 0 Å². The van der Waals surface area contributed by atoms with Gasteiger partial charge in [-0.1, -0.05) is 39.0 Å². The lowest BCUT2D eigenvalue weighted by atomic mass is 9.86. The van der Waals surface area contributed by atoms with Gasteiger partial charge in [0.15, 0.2) is 11.6 Å². The van der Waals surface area contributed by atoms with Crippen LogP contribution < -0.4 is 0 Å². The number of aromatic nitrogens is 2. The van der Waals surface area contributed by atoms with Gasteiger partial charge in [0.1, 0.15) is 0 Å². The molecule has 2 aromatic rings. The minimum atomic E-state index is -0.407. The molecule has 0 amide bonds. The number of Topliss-reactive ketones (excluding diaryl/α,β-unsaturated/α-hetero) is 1. The Balaban J connectivity index is 2.43. The Labute approximate surface area is 110 Å². The first-order valence-corrected chi connectivity index (χ1v) is 5.99. The average Bonchev–Trinajstić information content (AvgIpc) is 2.74. The van der Waals surface area contributed by atoms with E-state index in [0.29, 0.717) is 11.4 Å². The SMILES string of the molecule is CC(C)(C)C(=O)c1cccc(-c2nc(=S)o[nH]2)c1. The number of aromatic amines is 1. The van der Waals surface area contributed by atoms with E-state index in [1.165, 1.54) is 0 Å². The fourth-order valence-corrected chi connectivity index (χ4v) is 1.73. The fraction of sp³-hybridized carbons (Fsp3) is 0.308. The van der Waals surface area contributed by atoms with Gasteiger partial charge < -0.3 is 4.52 Å². The lowest BCUT2D eigenvalue weighted by Gasteiger charge is -2.16. The number of nitrogens with one attached hydrogen (secondary N) is 1. The number of carbonyl (C=O) groups excluding carboxylic acids is 1. The van der Waals surface area contributed by atoms with E-state index >= 15 is 0 Å². The van der Waals surface area contributed by atoms with E-state index in [0.717, 1.165) is 5.56 Å². The van der Waals surface area contributed by atoms with Crippen molar-refractivity contribution in [3.63, 3.8) is 0 Å². The zero-order valence-corrected chi connectivity index (χ0v) is 11.3. The summed E-state index contributed by atoms with van der Waals surface area (Å²) in [6.07, 6.45) is 0. The van der Waals surface area contributed by atoms with Gasteiger partial charge >= 0.3 is 4.84 Å². The lowest BCUT2D eigenvalue weighted by molar-refractivity contribution is 0.0858. The van der Waals surface area contributed by atoms with Crippen molar-refractivity contribution in [2.24, 2.45) is 5.41 Å². The van der Waals surface area contributed by atoms with Gasteiger partial charge in [-0.2, -0.15) is 4.98 Å². The summed E-state index contributed by atoms with van der Waals surface area (Å²) >= 11 is 4.80. The maximum absolute atomic E-state index is 12.2. The summed E-state index contributed by atoms with van der Waals surface area (Å²) in [5.74, 6) is 0.620. The van der Waals surface area contributed by atoms with Gasteiger partial charge in [0.2, 0.25) is 0 Å². The summed E-state index contributed by atoms with van der Waals surface area (Å²) in [5.41, 5.74) is 1.03. The van der Waals surface area contributed by atoms with Crippen molar-refractivity contribution in [2.75, 3.05) is 0 Å². The highest BCUT2D eigenvalue weighted by molar-refractivity contribution is 7.71. The van der Waals surface area contributed by atoms with Gasteiger partial charge in [-0.05, 0) is 18.3 Å². The summed E-state index contributed by atoms with van der Waals surface area (Å²) in [5, 5.41) is 2.63. The standard InChI is InChI=1S/C13H14N2O2S/c1-13(2,3)10(16)8-5-4-6-9(7-8)11-14-12(18)17-15-11/h4-7H,1-3H3,(H,14,15,18). The maximum Gasteiger partial charge on any atom is 0.314 e. The number of hydrogen-bond donors (Lipinski definition) is 1. The Morgan fingerprint density at radius 1 is 1.39 bits per heavy atom. The molecule has 94 valence electrons. The molecular formula is C13H14N2O2S. The van der Waals surface area contributed by atoms with Gasteiger partial charge in [0.25, 0.3) is 0 Å². The normalized spacial score (nSPS) is 11.5. The molecule has 0 saturated heterocycles. The first-order chi connectivity index (χ1) is 8.38. The molecule has 0 bridgehead atoms. The second kappa shape index (κ2) is 4.49. The third kappa shape index (κ3) is 2.56. The Morgan fingerprint density at radius 3 is 2.67 bits per heavy atom. The zero-order valence-electron chi connectivity index (χ0n) is 10.5. The van der Waals surface area contributed by atoms with Gasteiger partial charge in [0, 0.05) is 16.5 Å². The Bertz CT molecular complexity index is 635. The number of carbonyl (C=O) groups is 1. The molecule has 0 spiro atoms. The van der Waals surface area contributed by atoms with Crippen LogP contribution in [0.3, 0.4) is 0 Å². The summed E-state index contributed by atoms with van der Waals surface area (Å²) in [6.45, 7) is 5.68. The third-order valence-corrected chi connectivity index (χ3v) is 2.69. The van der Waals surface area contributed by atoms with Crippen LogP contribution in [0.2, 0.25) is 0 Å². The lowest BCUT2D eigenvalue weighted by Crippen LogP contribution is -2.20. The number of ketones is 1. The maximum atomic E-state index is 12.2. The molecule has 1 heterocycles. The molecule has 0 atom stereocenters. The van der Waals surface area contributed by atoms with E-state index in [-0.39, 0.29) is 10.6 Å². The van der Waals surface area contributed by atoms with Crippen LogP contribution in [0.25, 0.3) is 11.4 Å². The predicted octanol–water partition coefficient (Wildman–Crippen LogP) is 3.63. The van der Waals surface area contributed by atoms with Crippen LogP contribution in [0.5, 0.6) is 0 Å². The molecule has 1 N–H and O–H groups in total. The van der Waals surface area contributed by atoms with Crippen LogP contribution >= 0.6 is 12.2 Å². The van der Waals surface area contributed by atoms with E-state index in [2.05, 4.69) is 10.1 Å². The molecule has 0 radical (unpaired) electrons. The quantitative estimate of drug-likeness (QED) is 0.663. The molecular weight excluding hydrogens is 248 g/mol. The molecule has 1 aromatic carbocycles. The van der Waals surface area contributed by atoms with Crippen molar-refractivity contribution in [1.82, 2.24) is 10.1 Å². The van der Waals surface area contributed by atoms with Gasteiger partial charge in [-0.25, -0.2) is 5.16 Å². The molecule has 0 fully saturated rings. The number of rotatable bonds is 2. The molecule has 18 heavy (non-hydrogen) atoms. The van der Waals surface area contributed by atoms with Crippen molar-refractivity contribution < 1.29 is 9.32 Å². The van der Waals surface area contributed by atoms with Crippen molar-refractivity contribution >= 4 is 18.0 Å². The number of benzene rings is 1. The van der Waals surface area contributed by atoms with E-state index < -0.39 is 5.41 Å². The second-order valence-corrected chi connectivity index (χ2v) is 5.44. The third-order valence-electron chi connectivity index (χ3n) is 2.52. The zero-order chi connectivity index (χ0) is 13.3. The highest BCUT2D eigenvalue weighted by atomic mass is 32.1. The molecule has 5 heteroatoms. The fourth-order valence-electron chi connectivity index (χ4n) is 1.59. The van der Waals surface area contributed by atoms with Gasteiger partial charge in [-0.3, -0.25) is 4.79 Å². The summed E-state index contributed by atoms with van der Waals surface area (Å²) < 4.78 is 4.88. The largest absolute Gasteiger partial charge is 0.348 e. The predicted molar refractivity (Wildman–Crippen MR) is 70.9 cm³/mol. The second-order valence-electron chi connectivity index (χ2n) is 5.09. The van der Waals surface area contributed by atoms with Crippen LogP contribution in [0.1, 0.15) is 31.1 Å². The summed E-state index contributed by atoms with van der Waals surface area (Å²) in [7, 11) is 0. The van der Waals surface area contributed by atoms with Crippen LogP contribution in [-0.4, -0.2) is 15.9 Å². The van der Waals surface area contributed by atoms with Crippen LogP contribution in [-0.2, 0) is 0 Å². The smallest absolute Gasteiger partial charge is 0.314 e. The monoisotopic (exact) mass is 262 g/mol.